The fraction of sp³-hybridized carbons (Fsp3) is 0.214. The van der Waals surface area contributed by atoms with Crippen molar-refractivity contribution in [3.63, 3.8) is 0 Å². The predicted molar refractivity (Wildman–Crippen MR) is 145 cm³/mol. The molecule has 198 valence electrons. The van der Waals surface area contributed by atoms with E-state index in [4.69, 9.17) is 20.9 Å². The monoisotopic (exact) mass is 545 g/mol. The summed E-state index contributed by atoms with van der Waals surface area (Å²) >= 11 is 6.37. The number of rotatable bonds is 6. The summed E-state index contributed by atoms with van der Waals surface area (Å²) in [6.45, 7) is 5.60. The molecule has 4 heterocycles. The van der Waals surface area contributed by atoms with Gasteiger partial charge in [-0.25, -0.2) is 9.78 Å². The summed E-state index contributed by atoms with van der Waals surface area (Å²) in [5.41, 5.74) is 1.17. The second kappa shape index (κ2) is 10.7. The molecule has 0 saturated heterocycles. The van der Waals surface area contributed by atoms with Crippen LogP contribution in [0.1, 0.15) is 46.7 Å². The predicted octanol–water partition coefficient (Wildman–Crippen LogP) is 4.59. The first-order valence-corrected chi connectivity index (χ1v) is 12.8. The Morgan fingerprint density at radius 1 is 1.13 bits per heavy atom. The number of fused-ring (bicyclic) bond motifs is 2. The molecule has 0 bridgehead atoms. The molecule has 39 heavy (non-hydrogen) atoms. The molecule has 1 amide bonds. The Balaban J connectivity index is 1.84. The number of ether oxygens (including phenoxy) is 1. The number of aryl methyl sites for hydroxylation is 2. The van der Waals surface area contributed by atoms with Crippen molar-refractivity contribution in [2.75, 3.05) is 6.61 Å². The molecule has 0 radical (unpaired) electrons. The number of carbonyl (C=O) groups is 2. The topological polar surface area (TPSA) is 121 Å². The molecule has 0 saturated carbocycles. The minimum absolute atomic E-state index is 0.0192. The van der Waals surface area contributed by atoms with Crippen molar-refractivity contribution >= 4 is 40.2 Å². The molecule has 0 aliphatic rings. The zero-order valence-corrected chi connectivity index (χ0v) is 22.2. The number of esters is 1. The van der Waals surface area contributed by atoms with Gasteiger partial charge in [0.1, 0.15) is 33.9 Å². The first-order valence-electron chi connectivity index (χ1n) is 12.4. The third-order valence-electron chi connectivity index (χ3n) is 6.15. The molecule has 4 aromatic heterocycles. The number of carbonyl (C=O) groups excluding carboxylic acids is 2. The van der Waals surface area contributed by atoms with E-state index in [1.165, 1.54) is 10.5 Å². The van der Waals surface area contributed by atoms with E-state index in [0.717, 1.165) is 0 Å². The Hall–Kier alpha value is -4.57. The molecule has 10 nitrogen and oxygen atoms in total. The van der Waals surface area contributed by atoms with Gasteiger partial charge >= 0.3 is 5.97 Å². The number of pyridine rings is 2. The van der Waals surface area contributed by atoms with E-state index in [2.05, 4.69) is 15.1 Å². The molecule has 0 unspecified atom stereocenters. The van der Waals surface area contributed by atoms with Crippen molar-refractivity contribution in [2.24, 2.45) is 4.99 Å². The Bertz CT molecular complexity index is 1890. The molecule has 0 atom stereocenters. The fourth-order valence-electron chi connectivity index (χ4n) is 4.41. The van der Waals surface area contributed by atoms with E-state index < -0.39 is 11.9 Å². The van der Waals surface area contributed by atoms with Gasteiger partial charge in [0.15, 0.2) is 5.49 Å². The minimum atomic E-state index is -0.721. The second-order valence-corrected chi connectivity index (χ2v) is 9.10. The lowest BCUT2D eigenvalue weighted by Gasteiger charge is -2.14. The summed E-state index contributed by atoms with van der Waals surface area (Å²) in [7, 11) is 0. The average Bonchev–Trinajstić information content (AvgIpc) is 3.31. The van der Waals surface area contributed by atoms with Crippen LogP contribution in [0.4, 0.5) is 0 Å². The molecule has 0 aliphatic heterocycles. The van der Waals surface area contributed by atoms with Crippen molar-refractivity contribution in [1.82, 2.24) is 19.1 Å². The summed E-state index contributed by atoms with van der Waals surface area (Å²) in [5, 5.41) is 4.63. The van der Waals surface area contributed by atoms with Crippen LogP contribution in [0, 0.1) is 6.92 Å². The minimum Gasteiger partial charge on any atom is -0.462 e. The lowest BCUT2D eigenvalue weighted by molar-refractivity contribution is 0.0523. The Morgan fingerprint density at radius 2 is 1.90 bits per heavy atom. The molecule has 0 aliphatic carbocycles. The normalized spacial score (nSPS) is 11.8. The molecule has 0 fully saturated rings. The maximum atomic E-state index is 13.7. The lowest BCUT2D eigenvalue weighted by atomic mass is 10.1. The number of hydrogen-bond acceptors (Lipinski definition) is 7. The second-order valence-electron chi connectivity index (χ2n) is 8.70. The highest BCUT2D eigenvalue weighted by atomic mass is 35.5. The first kappa shape index (κ1) is 26.1. The zero-order chi connectivity index (χ0) is 27.7. The van der Waals surface area contributed by atoms with E-state index in [-0.39, 0.29) is 45.6 Å². The van der Waals surface area contributed by atoms with Crippen LogP contribution in [-0.2, 0) is 11.3 Å². The summed E-state index contributed by atoms with van der Waals surface area (Å²) in [6.07, 6.45) is 2.21. The number of halogens is 1. The van der Waals surface area contributed by atoms with Gasteiger partial charge < -0.3 is 13.8 Å². The highest BCUT2D eigenvalue weighted by molar-refractivity contribution is 6.33. The number of nitrogens with zero attached hydrogens (tertiary/aromatic N) is 5. The number of benzene rings is 1. The zero-order valence-electron chi connectivity index (χ0n) is 21.5. The van der Waals surface area contributed by atoms with E-state index in [9.17, 15) is 14.4 Å². The highest BCUT2D eigenvalue weighted by Gasteiger charge is 2.25. The molecule has 0 spiro atoms. The van der Waals surface area contributed by atoms with Crippen LogP contribution in [0.2, 0.25) is 5.02 Å². The summed E-state index contributed by atoms with van der Waals surface area (Å²) < 4.78 is 13.6. The average molecular weight is 546 g/mol. The molecule has 11 heteroatoms. The van der Waals surface area contributed by atoms with Gasteiger partial charge in [-0.05, 0) is 44.5 Å². The maximum absolute atomic E-state index is 13.7. The van der Waals surface area contributed by atoms with Crippen LogP contribution in [0.15, 0.2) is 69.0 Å². The van der Waals surface area contributed by atoms with Gasteiger partial charge in [0.25, 0.3) is 11.5 Å². The molecule has 5 aromatic rings. The van der Waals surface area contributed by atoms with Crippen LogP contribution in [0.25, 0.3) is 27.9 Å². The standard InChI is InChI=1S/C28H24ClN5O5/c1-4-13-34-24-18(27(36)33-14-9-8-12-21(33)30-24)15-19(28(37)38-5-2)25(34)31-26(35)22-16(3)39-32-23(22)17-10-6-7-11-20(17)29/h6-12,14-15H,4-5,13H2,1-3H3. The largest absolute Gasteiger partial charge is 0.462 e. The van der Waals surface area contributed by atoms with Gasteiger partial charge in [-0.1, -0.05) is 47.9 Å². The number of hydrogen-bond donors (Lipinski definition) is 0. The van der Waals surface area contributed by atoms with E-state index >= 15 is 0 Å². The molecular formula is C28H24ClN5O5. The van der Waals surface area contributed by atoms with Gasteiger partial charge in [-0.3, -0.25) is 14.0 Å². The summed E-state index contributed by atoms with van der Waals surface area (Å²) in [4.78, 5) is 49.3. The van der Waals surface area contributed by atoms with Crippen molar-refractivity contribution in [3.8, 4) is 11.3 Å². The van der Waals surface area contributed by atoms with E-state index in [1.54, 1.807) is 67.1 Å². The molecule has 1 aromatic carbocycles. The third kappa shape index (κ3) is 4.63. The Labute approximate surface area is 227 Å². The Morgan fingerprint density at radius 3 is 2.64 bits per heavy atom. The van der Waals surface area contributed by atoms with Gasteiger partial charge in [0.05, 0.1) is 17.0 Å². The number of amides is 1. The first-order chi connectivity index (χ1) is 18.8. The van der Waals surface area contributed by atoms with Crippen molar-refractivity contribution in [3.05, 3.63) is 92.5 Å². The van der Waals surface area contributed by atoms with Gasteiger partial charge in [0, 0.05) is 18.3 Å². The Kier molecular flexibility index (Phi) is 7.12. The van der Waals surface area contributed by atoms with E-state index in [1.807, 2.05) is 6.92 Å². The fourth-order valence-corrected chi connectivity index (χ4v) is 4.63. The molecule has 5 rings (SSSR count). The number of aromatic nitrogens is 4. The van der Waals surface area contributed by atoms with Crippen LogP contribution >= 0.6 is 11.6 Å². The SMILES string of the molecule is CCCn1c(=NC(=O)c2c(-c3ccccc3Cl)noc2C)c(C(=O)OCC)cc2c(=O)n3ccccc3nc21. The van der Waals surface area contributed by atoms with Crippen molar-refractivity contribution < 1.29 is 18.8 Å². The summed E-state index contributed by atoms with van der Waals surface area (Å²) in [5.74, 6) is -1.18. The van der Waals surface area contributed by atoms with Crippen LogP contribution < -0.4 is 11.0 Å². The van der Waals surface area contributed by atoms with Crippen LogP contribution in [0.5, 0.6) is 0 Å². The van der Waals surface area contributed by atoms with Gasteiger partial charge in [-0.15, -0.1) is 0 Å². The van der Waals surface area contributed by atoms with Gasteiger partial charge in [-0.2, -0.15) is 4.99 Å². The molecule has 0 N–H and O–H groups in total. The lowest BCUT2D eigenvalue weighted by Crippen LogP contribution is -2.32. The smallest absolute Gasteiger partial charge is 0.341 e. The maximum Gasteiger partial charge on any atom is 0.341 e. The highest BCUT2D eigenvalue weighted by Crippen LogP contribution is 2.31. The van der Waals surface area contributed by atoms with Crippen LogP contribution in [-0.4, -0.2) is 37.6 Å². The van der Waals surface area contributed by atoms with Crippen molar-refractivity contribution in [2.45, 2.75) is 33.7 Å². The summed E-state index contributed by atoms with van der Waals surface area (Å²) in [6, 6.07) is 13.5. The van der Waals surface area contributed by atoms with E-state index in [0.29, 0.717) is 34.8 Å². The van der Waals surface area contributed by atoms with Crippen LogP contribution in [0.3, 0.4) is 0 Å². The van der Waals surface area contributed by atoms with Gasteiger partial charge in [0.2, 0.25) is 0 Å². The van der Waals surface area contributed by atoms with Crippen molar-refractivity contribution in [1.29, 1.82) is 0 Å². The third-order valence-corrected chi connectivity index (χ3v) is 6.48. The quantitative estimate of drug-likeness (QED) is 0.226. The molecular weight excluding hydrogens is 522 g/mol.